The summed E-state index contributed by atoms with van der Waals surface area (Å²) in [6.07, 6.45) is 0.0880. The summed E-state index contributed by atoms with van der Waals surface area (Å²) in [6, 6.07) is 6.77. The van der Waals surface area contributed by atoms with Crippen molar-refractivity contribution < 1.29 is 33.7 Å². The van der Waals surface area contributed by atoms with E-state index in [1.165, 1.54) is 11.3 Å². The van der Waals surface area contributed by atoms with Gasteiger partial charge in [0.25, 0.3) is 5.91 Å². The number of carbonyl (C=O) groups is 3. The molecule has 0 saturated heterocycles. The fourth-order valence-corrected chi connectivity index (χ4v) is 3.37. The van der Waals surface area contributed by atoms with Crippen molar-refractivity contribution in [2.45, 2.75) is 26.7 Å². The van der Waals surface area contributed by atoms with Gasteiger partial charge in [-0.25, -0.2) is 4.98 Å². The van der Waals surface area contributed by atoms with E-state index in [2.05, 4.69) is 15.6 Å². The summed E-state index contributed by atoms with van der Waals surface area (Å²) in [4.78, 5) is 40.6. The van der Waals surface area contributed by atoms with Crippen LogP contribution in [0.2, 0.25) is 0 Å². The number of aliphatic carboxylic acids is 1. The van der Waals surface area contributed by atoms with Crippen LogP contribution in [0.25, 0.3) is 0 Å². The van der Waals surface area contributed by atoms with Gasteiger partial charge in [-0.3, -0.25) is 19.7 Å². The number of thiazole rings is 1. The van der Waals surface area contributed by atoms with E-state index in [1.54, 1.807) is 24.3 Å². The first-order chi connectivity index (χ1) is 15.9. The molecule has 0 aliphatic rings. The monoisotopic (exact) mass is 479 g/mol. The molecular weight excluding hydrogens is 450 g/mol. The first kappa shape index (κ1) is 26.4. The van der Waals surface area contributed by atoms with Gasteiger partial charge in [-0.15, -0.1) is 11.3 Å². The molecule has 0 fully saturated rings. The lowest BCUT2D eigenvalue weighted by atomic mass is 10.1. The van der Waals surface area contributed by atoms with Gasteiger partial charge in [0.2, 0.25) is 5.91 Å². The summed E-state index contributed by atoms with van der Waals surface area (Å²) in [5, 5.41) is 14.5. The highest BCUT2D eigenvalue weighted by atomic mass is 32.1. The molecule has 10 nitrogen and oxygen atoms in total. The molecule has 0 saturated carbocycles. The molecule has 0 spiro atoms. The highest BCUT2D eigenvalue weighted by Crippen LogP contribution is 2.23. The van der Waals surface area contributed by atoms with E-state index in [9.17, 15) is 14.4 Å². The minimum atomic E-state index is -0.902. The third-order valence-electron chi connectivity index (χ3n) is 4.37. The molecule has 0 aliphatic heterocycles. The quantitative estimate of drug-likeness (QED) is 0.332. The van der Waals surface area contributed by atoms with E-state index < -0.39 is 5.97 Å². The van der Waals surface area contributed by atoms with Crippen molar-refractivity contribution >= 4 is 39.9 Å². The Hall–Kier alpha value is -2.86. The zero-order chi connectivity index (χ0) is 24.1. The molecular formula is C22H29N3O7S. The molecule has 11 heteroatoms. The number of rotatable bonds is 15. The van der Waals surface area contributed by atoms with Crippen LogP contribution in [0.4, 0.5) is 10.8 Å². The highest BCUT2D eigenvalue weighted by Gasteiger charge is 2.15. The zero-order valence-corrected chi connectivity index (χ0v) is 19.5. The minimum absolute atomic E-state index is 0.0362. The fraction of sp³-hybridized carbons (Fsp3) is 0.455. The van der Waals surface area contributed by atoms with Gasteiger partial charge in [-0.1, -0.05) is 12.1 Å². The molecule has 0 atom stereocenters. The van der Waals surface area contributed by atoms with Crippen LogP contribution in [0.15, 0.2) is 24.3 Å². The average molecular weight is 480 g/mol. The first-order valence-corrected chi connectivity index (χ1v) is 11.3. The largest absolute Gasteiger partial charge is 0.481 e. The van der Waals surface area contributed by atoms with Gasteiger partial charge >= 0.3 is 5.97 Å². The van der Waals surface area contributed by atoms with Gasteiger partial charge in [-0.2, -0.15) is 0 Å². The molecule has 0 unspecified atom stereocenters. The summed E-state index contributed by atoms with van der Waals surface area (Å²) in [5.41, 5.74) is 1.62. The van der Waals surface area contributed by atoms with Gasteiger partial charge < -0.3 is 24.6 Å². The molecule has 2 rings (SSSR count). The third-order valence-corrected chi connectivity index (χ3v) is 5.36. The Bertz CT molecular complexity index is 913. The van der Waals surface area contributed by atoms with Crippen LogP contribution < -0.4 is 10.6 Å². The number of hydrogen-bond acceptors (Lipinski definition) is 8. The van der Waals surface area contributed by atoms with Gasteiger partial charge in [0.15, 0.2) is 5.13 Å². The number of carboxylic acid groups (broad SMARTS) is 1. The van der Waals surface area contributed by atoms with Crippen molar-refractivity contribution in [1.82, 2.24) is 4.98 Å². The van der Waals surface area contributed by atoms with Crippen LogP contribution in [-0.4, -0.2) is 67.5 Å². The van der Waals surface area contributed by atoms with Crippen molar-refractivity contribution in [3.05, 3.63) is 40.4 Å². The third kappa shape index (κ3) is 10.1. The number of para-hydroxylation sites is 1. The van der Waals surface area contributed by atoms with Gasteiger partial charge in [0, 0.05) is 4.88 Å². The molecule has 1 aromatic carbocycles. The van der Waals surface area contributed by atoms with E-state index in [4.69, 9.17) is 19.3 Å². The van der Waals surface area contributed by atoms with Crippen molar-refractivity contribution in [3.63, 3.8) is 0 Å². The second-order valence-electron chi connectivity index (χ2n) is 6.94. The standard InChI is InChI=1S/C22H29N3O7S/c1-15-16(2)33-22(23-15)25-21(29)17-5-3-4-6-18(17)24-19(26)7-9-30-11-13-32-14-12-31-10-8-20(27)28/h3-6H,7-14H2,1-2H3,(H,24,26)(H,27,28)(H,23,25,29). The molecule has 0 bridgehead atoms. The van der Waals surface area contributed by atoms with Crippen LogP contribution in [-0.2, 0) is 23.8 Å². The number of amides is 2. The van der Waals surface area contributed by atoms with E-state index in [0.717, 1.165) is 10.6 Å². The molecule has 1 aromatic heterocycles. The Morgan fingerprint density at radius 3 is 2.12 bits per heavy atom. The van der Waals surface area contributed by atoms with Crippen LogP contribution in [0, 0.1) is 13.8 Å². The lowest BCUT2D eigenvalue weighted by Crippen LogP contribution is -2.19. The maximum Gasteiger partial charge on any atom is 0.305 e. The van der Waals surface area contributed by atoms with Crippen LogP contribution >= 0.6 is 11.3 Å². The second kappa shape index (κ2) is 14.3. The summed E-state index contributed by atoms with van der Waals surface area (Å²) in [7, 11) is 0. The molecule has 180 valence electrons. The van der Waals surface area contributed by atoms with Gasteiger partial charge in [-0.05, 0) is 26.0 Å². The molecule has 2 aromatic rings. The van der Waals surface area contributed by atoms with Gasteiger partial charge in [0.05, 0.1) is 69.4 Å². The summed E-state index contributed by atoms with van der Waals surface area (Å²) < 4.78 is 15.8. The molecule has 33 heavy (non-hydrogen) atoms. The van der Waals surface area contributed by atoms with E-state index >= 15 is 0 Å². The number of carboxylic acids is 1. The summed E-state index contributed by atoms with van der Waals surface area (Å²) in [6.45, 7) is 5.47. The number of anilines is 2. The highest BCUT2D eigenvalue weighted by molar-refractivity contribution is 7.15. The van der Waals surface area contributed by atoms with Crippen LogP contribution in [0.5, 0.6) is 0 Å². The number of nitrogens with one attached hydrogen (secondary N) is 2. The maximum absolute atomic E-state index is 12.6. The summed E-state index contributed by atoms with van der Waals surface area (Å²) in [5.74, 6) is -1.52. The minimum Gasteiger partial charge on any atom is -0.481 e. The van der Waals surface area contributed by atoms with Crippen molar-refractivity contribution in [2.24, 2.45) is 0 Å². The lowest BCUT2D eigenvalue weighted by molar-refractivity contribution is -0.138. The molecule has 0 radical (unpaired) electrons. The topological polar surface area (TPSA) is 136 Å². The fourth-order valence-electron chi connectivity index (χ4n) is 2.56. The molecule has 1 heterocycles. The SMILES string of the molecule is Cc1nc(NC(=O)c2ccccc2NC(=O)CCOCCOCCOCCC(=O)O)sc1C. The summed E-state index contributed by atoms with van der Waals surface area (Å²) >= 11 is 1.40. The molecule has 0 aliphatic carbocycles. The Morgan fingerprint density at radius 1 is 0.909 bits per heavy atom. The first-order valence-electron chi connectivity index (χ1n) is 10.5. The smallest absolute Gasteiger partial charge is 0.305 e. The number of aromatic nitrogens is 1. The van der Waals surface area contributed by atoms with Gasteiger partial charge in [0.1, 0.15) is 0 Å². The Labute approximate surface area is 196 Å². The predicted molar refractivity (Wildman–Crippen MR) is 124 cm³/mol. The Kier molecular flexibility index (Phi) is 11.5. The Balaban J connectivity index is 1.65. The number of hydrogen-bond donors (Lipinski definition) is 3. The normalized spacial score (nSPS) is 10.7. The van der Waals surface area contributed by atoms with Crippen molar-refractivity contribution in [3.8, 4) is 0 Å². The van der Waals surface area contributed by atoms with E-state index in [0.29, 0.717) is 42.8 Å². The Morgan fingerprint density at radius 2 is 1.52 bits per heavy atom. The van der Waals surface area contributed by atoms with Crippen LogP contribution in [0.3, 0.4) is 0 Å². The van der Waals surface area contributed by atoms with Crippen LogP contribution in [0.1, 0.15) is 33.8 Å². The zero-order valence-electron chi connectivity index (χ0n) is 18.7. The number of benzene rings is 1. The lowest BCUT2D eigenvalue weighted by Gasteiger charge is -2.11. The predicted octanol–water partition coefficient (Wildman–Crippen LogP) is 2.87. The second-order valence-corrected chi connectivity index (χ2v) is 8.14. The maximum atomic E-state index is 12.6. The number of aryl methyl sites for hydroxylation is 2. The van der Waals surface area contributed by atoms with Crippen molar-refractivity contribution in [2.75, 3.05) is 50.3 Å². The molecule has 3 N–H and O–H groups in total. The number of carbonyl (C=O) groups excluding carboxylic acids is 2. The number of ether oxygens (including phenoxy) is 3. The van der Waals surface area contributed by atoms with E-state index in [1.807, 2.05) is 13.8 Å². The average Bonchev–Trinajstić information content (AvgIpc) is 3.08. The van der Waals surface area contributed by atoms with Crippen molar-refractivity contribution in [1.29, 1.82) is 0 Å². The number of nitrogens with zero attached hydrogens (tertiary/aromatic N) is 1. The molecule has 2 amide bonds. The van der Waals surface area contributed by atoms with E-state index in [-0.39, 0.29) is 37.9 Å².